The Labute approximate surface area is 194 Å². The summed E-state index contributed by atoms with van der Waals surface area (Å²) in [5, 5.41) is 14.4. The van der Waals surface area contributed by atoms with E-state index in [1.807, 2.05) is 12.1 Å². The van der Waals surface area contributed by atoms with Crippen molar-refractivity contribution in [3.63, 3.8) is 0 Å². The lowest BCUT2D eigenvalue weighted by Crippen LogP contribution is -2.06. The van der Waals surface area contributed by atoms with E-state index in [1.165, 1.54) is 11.6 Å². The molecule has 1 aliphatic rings. The second-order valence-electron chi connectivity index (χ2n) is 8.02. The van der Waals surface area contributed by atoms with Crippen LogP contribution in [0.25, 0.3) is 10.9 Å². The molecule has 0 aliphatic heterocycles. The lowest BCUT2D eigenvalue weighted by molar-refractivity contribution is 0.145. The fourth-order valence-corrected chi connectivity index (χ4v) is 4.03. The van der Waals surface area contributed by atoms with Gasteiger partial charge in [0.1, 0.15) is 23.9 Å². The SMILES string of the molecule is O=C(O)Oc1cccc2c1cnn2Cc1cc(C2CC2)ccc1OCc1ccc(Cl)cc1F. The van der Waals surface area contributed by atoms with Crippen molar-refractivity contribution in [2.75, 3.05) is 0 Å². The van der Waals surface area contributed by atoms with Crippen LogP contribution in [0.5, 0.6) is 11.5 Å². The molecule has 4 aromatic rings. The van der Waals surface area contributed by atoms with Gasteiger partial charge in [-0.05, 0) is 60.7 Å². The summed E-state index contributed by atoms with van der Waals surface area (Å²) >= 11 is 5.85. The van der Waals surface area contributed by atoms with Gasteiger partial charge in [-0.1, -0.05) is 29.8 Å². The maximum Gasteiger partial charge on any atom is 0.511 e. The van der Waals surface area contributed by atoms with Crippen molar-refractivity contribution >= 4 is 28.7 Å². The van der Waals surface area contributed by atoms with Crippen LogP contribution in [0.4, 0.5) is 9.18 Å². The van der Waals surface area contributed by atoms with Crippen molar-refractivity contribution in [1.29, 1.82) is 0 Å². The number of fused-ring (bicyclic) bond motifs is 1. The van der Waals surface area contributed by atoms with Gasteiger partial charge in [0.2, 0.25) is 0 Å². The van der Waals surface area contributed by atoms with E-state index in [1.54, 1.807) is 35.1 Å². The Morgan fingerprint density at radius 3 is 2.73 bits per heavy atom. The number of rotatable bonds is 7. The highest BCUT2D eigenvalue weighted by Crippen LogP contribution is 2.41. The summed E-state index contributed by atoms with van der Waals surface area (Å²) in [4.78, 5) is 11.0. The van der Waals surface area contributed by atoms with E-state index < -0.39 is 12.0 Å². The molecule has 1 aliphatic carbocycles. The van der Waals surface area contributed by atoms with Crippen LogP contribution in [0.15, 0.2) is 60.8 Å². The van der Waals surface area contributed by atoms with Crippen molar-refractivity contribution in [2.45, 2.75) is 31.9 Å². The standard InChI is InChI=1S/C25H20ClFN2O4/c26-19-8-6-17(21(27)11-19)14-32-23-9-7-16(15-4-5-15)10-18(23)13-29-22-2-1-3-24(33-25(30)31)20(22)12-28-29/h1-3,6-12,15H,4-5,13-14H2,(H,30,31). The van der Waals surface area contributed by atoms with Gasteiger partial charge in [0.15, 0.2) is 0 Å². The predicted octanol–water partition coefficient (Wildman–Crippen LogP) is 6.39. The molecule has 8 heteroatoms. The van der Waals surface area contributed by atoms with Crippen LogP contribution in [0.3, 0.4) is 0 Å². The topological polar surface area (TPSA) is 73.6 Å². The van der Waals surface area contributed by atoms with E-state index in [0.29, 0.717) is 34.2 Å². The molecule has 0 radical (unpaired) electrons. The van der Waals surface area contributed by atoms with Gasteiger partial charge in [-0.15, -0.1) is 0 Å². The highest BCUT2D eigenvalue weighted by atomic mass is 35.5. The number of benzene rings is 3. The normalized spacial score (nSPS) is 13.3. The van der Waals surface area contributed by atoms with Crippen molar-refractivity contribution in [1.82, 2.24) is 9.78 Å². The molecule has 0 unspecified atom stereocenters. The zero-order chi connectivity index (χ0) is 22.9. The number of hydrogen-bond donors (Lipinski definition) is 1. The van der Waals surface area contributed by atoms with Crippen LogP contribution >= 0.6 is 11.6 Å². The van der Waals surface area contributed by atoms with Crippen LogP contribution in [0.2, 0.25) is 5.02 Å². The van der Waals surface area contributed by atoms with Crippen molar-refractivity contribution in [3.05, 3.63) is 88.3 Å². The van der Waals surface area contributed by atoms with Gasteiger partial charge < -0.3 is 14.6 Å². The zero-order valence-corrected chi connectivity index (χ0v) is 18.3. The molecule has 6 nitrogen and oxygen atoms in total. The van der Waals surface area contributed by atoms with E-state index in [9.17, 15) is 9.18 Å². The summed E-state index contributed by atoms with van der Waals surface area (Å²) in [5.74, 6) is 1.00. The molecule has 5 rings (SSSR count). The van der Waals surface area contributed by atoms with Gasteiger partial charge in [0, 0.05) is 16.1 Å². The second kappa shape index (κ2) is 8.75. The number of carboxylic acid groups (broad SMARTS) is 1. The number of aromatic nitrogens is 2. The average molecular weight is 467 g/mol. The maximum atomic E-state index is 14.2. The molecule has 33 heavy (non-hydrogen) atoms. The van der Waals surface area contributed by atoms with Crippen molar-refractivity contribution in [3.8, 4) is 11.5 Å². The van der Waals surface area contributed by atoms with Crippen LogP contribution < -0.4 is 9.47 Å². The third-order valence-corrected chi connectivity index (χ3v) is 5.93. The van der Waals surface area contributed by atoms with Gasteiger partial charge in [-0.2, -0.15) is 5.10 Å². The molecule has 0 atom stereocenters. The number of hydrogen-bond acceptors (Lipinski definition) is 4. The molecule has 1 aromatic heterocycles. The van der Waals surface area contributed by atoms with Gasteiger partial charge in [0.25, 0.3) is 0 Å². The molecule has 0 bridgehead atoms. The summed E-state index contributed by atoms with van der Waals surface area (Å²) in [5.41, 5.74) is 3.29. The van der Waals surface area contributed by atoms with Crippen LogP contribution in [0.1, 0.15) is 35.4 Å². The molecular weight excluding hydrogens is 447 g/mol. The van der Waals surface area contributed by atoms with Crippen molar-refractivity contribution < 1.29 is 23.8 Å². The van der Waals surface area contributed by atoms with Gasteiger partial charge in [0.05, 0.1) is 23.6 Å². The van der Waals surface area contributed by atoms with Crippen LogP contribution in [0, 0.1) is 5.82 Å². The zero-order valence-electron chi connectivity index (χ0n) is 17.5. The quantitative estimate of drug-likeness (QED) is 0.252. The summed E-state index contributed by atoms with van der Waals surface area (Å²) in [6, 6.07) is 15.8. The molecule has 0 saturated heterocycles. The Bertz CT molecular complexity index is 1350. The van der Waals surface area contributed by atoms with E-state index in [-0.39, 0.29) is 12.4 Å². The van der Waals surface area contributed by atoms with Gasteiger partial charge in [-0.25, -0.2) is 9.18 Å². The van der Waals surface area contributed by atoms with E-state index >= 15 is 0 Å². The Morgan fingerprint density at radius 2 is 1.97 bits per heavy atom. The summed E-state index contributed by atoms with van der Waals surface area (Å²) < 4.78 is 26.9. The fourth-order valence-electron chi connectivity index (χ4n) is 3.88. The average Bonchev–Trinajstić information content (AvgIpc) is 3.55. The van der Waals surface area contributed by atoms with E-state index in [0.717, 1.165) is 23.9 Å². The summed E-state index contributed by atoms with van der Waals surface area (Å²) in [7, 11) is 0. The molecule has 1 heterocycles. The van der Waals surface area contributed by atoms with Gasteiger partial charge in [-0.3, -0.25) is 4.68 Å². The monoisotopic (exact) mass is 466 g/mol. The minimum atomic E-state index is -1.38. The number of carbonyl (C=O) groups is 1. The minimum Gasteiger partial charge on any atom is -0.488 e. The highest BCUT2D eigenvalue weighted by molar-refractivity contribution is 6.30. The molecule has 0 spiro atoms. The molecule has 1 N–H and O–H groups in total. The van der Waals surface area contributed by atoms with Gasteiger partial charge >= 0.3 is 6.16 Å². The minimum absolute atomic E-state index is 0.0647. The van der Waals surface area contributed by atoms with Crippen LogP contribution in [-0.2, 0) is 13.2 Å². The number of halogens is 2. The number of nitrogens with zero attached hydrogens (tertiary/aromatic N) is 2. The van der Waals surface area contributed by atoms with E-state index in [4.69, 9.17) is 26.2 Å². The summed E-state index contributed by atoms with van der Waals surface area (Å²) in [6.45, 7) is 0.467. The third kappa shape index (κ3) is 4.64. The third-order valence-electron chi connectivity index (χ3n) is 5.70. The molecule has 1 fully saturated rings. The molecule has 0 amide bonds. The van der Waals surface area contributed by atoms with Crippen LogP contribution in [-0.4, -0.2) is 21.0 Å². The smallest absolute Gasteiger partial charge is 0.488 e. The lowest BCUT2D eigenvalue weighted by atomic mass is 10.1. The largest absolute Gasteiger partial charge is 0.511 e. The maximum absolute atomic E-state index is 14.2. The Morgan fingerprint density at radius 1 is 1.12 bits per heavy atom. The number of ether oxygens (including phenoxy) is 2. The first-order valence-electron chi connectivity index (χ1n) is 10.5. The Hall–Kier alpha value is -3.58. The Kier molecular flexibility index (Phi) is 5.64. The van der Waals surface area contributed by atoms with Crippen molar-refractivity contribution in [2.24, 2.45) is 0 Å². The molecular formula is C25H20ClFN2O4. The molecule has 3 aromatic carbocycles. The fraction of sp³-hybridized carbons (Fsp3) is 0.200. The highest BCUT2D eigenvalue weighted by Gasteiger charge is 2.24. The predicted molar refractivity (Wildman–Crippen MR) is 122 cm³/mol. The first kappa shape index (κ1) is 21.3. The first-order chi connectivity index (χ1) is 16.0. The molecule has 1 saturated carbocycles. The second-order valence-corrected chi connectivity index (χ2v) is 8.46. The molecule has 168 valence electrons. The Balaban J connectivity index is 1.45. The van der Waals surface area contributed by atoms with E-state index in [2.05, 4.69) is 17.2 Å². The first-order valence-corrected chi connectivity index (χ1v) is 10.9. The lowest BCUT2D eigenvalue weighted by Gasteiger charge is -2.15. The summed E-state index contributed by atoms with van der Waals surface area (Å²) in [6.07, 6.45) is 2.53.